The highest BCUT2D eigenvalue weighted by Gasteiger charge is 2.34. The topological polar surface area (TPSA) is 32.3 Å². The zero-order valence-corrected chi connectivity index (χ0v) is 12.5. The largest absolute Gasteiger partial charge is 0.418 e. The number of hydrogen-bond acceptors (Lipinski definition) is 2. The first-order valence-electron chi connectivity index (χ1n) is 6.66. The van der Waals surface area contributed by atoms with Crippen LogP contribution >= 0.6 is 15.9 Å². The Balaban J connectivity index is 2.10. The van der Waals surface area contributed by atoms with Gasteiger partial charge >= 0.3 is 6.18 Å². The van der Waals surface area contributed by atoms with E-state index in [9.17, 15) is 18.3 Å². The number of benzene rings is 1. The highest BCUT2D eigenvalue weighted by atomic mass is 79.9. The molecule has 6 heteroatoms. The monoisotopic (exact) mass is 351 g/mol. The molecule has 1 aromatic carbocycles. The van der Waals surface area contributed by atoms with Gasteiger partial charge in [0.05, 0.1) is 11.7 Å². The zero-order valence-electron chi connectivity index (χ0n) is 10.9. The van der Waals surface area contributed by atoms with Crippen LogP contribution < -0.4 is 5.32 Å². The van der Waals surface area contributed by atoms with E-state index in [4.69, 9.17) is 0 Å². The van der Waals surface area contributed by atoms with Gasteiger partial charge in [0.1, 0.15) is 0 Å². The van der Waals surface area contributed by atoms with Crippen molar-refractivity contribution in [3.05, 3.63) is 28.2 Å². The SMILES string of the molecule is OC1CCCCC1CNc1cc(Br)ccc1C(F)(F)F. The summed E-state index contributed by atoms with van der Waals surface area (Å²) < 4.78 is 39.3. The van der Waals surface area contributed by atoms with E-state index in [1.165, 1.54) is 12.1 Å². The minimum atomic E-state index is -4.38. The Morgan fingerprint density at radius 2 is 1.95 bits per heavy atom. The molecule has 1 fully saturated rings. The van der Waals surface area contributed by atoms with Gasteiger partial charge in [-0.3, -0.25) is 0 Å². The molecule has 0 amide bonds. The molecule has 1 aliphatic rings. The van der Waals surface area contributed by atoms with Crippen LogP contribution in [0.5, 0.6) is 0 Å². The van der Waals surface area contributed by atoms with E-state index in [1.54, 1.807) is 0 Å². The molecule has 0 radical (unpaired) electrons. The van der Waals surface area contributed by atoms with Gasteiger partial charge in [-0.2, -0.15) is 13.2 Å². The highest BCUT2D eigenvalue weighted by molar-refractivity contribution is 9.10. The van der Waals surface area contributed by atoms with Crippen molar-refractivity contribution < 1.29 is 18.3 Å². The van der Waals surface area contributed by atoms with Crippen molar-refractivity contribution in [1.82, 2.24) is 0 Å². The Labute approximate surface area is 124 Å². The average Bonchev–Trinajstić information content (AvgIpc) is 2.36. The van der Waals surface area contributed by atoms with Crippen molar-refractivity contribution in [3.63, 3.8) is 0 Å². The maximum atomic E-state index is 12.9. The fourth-order valence-electron chi connectivity index (χ4n) is 2.58. The van der Waals surface area contributed by atoms with Crippen molar-refractivity contribution in [1.29, 1.82) is 0 Å². The number of anilines is 1. The predicted molar refractivity (Wildman–Crippen MR) is 75.6 cm³/mol. The van der Waals surface area contributed by atoms with Crippen LogP contribution in [-0.2, 0) is 6.18 Å². The van der Waals surface area contributed by atoms with Crippen LogP contribution in [0.15, 0.2) is 22.7 Å². The second-order valence-electron chi connectivity index (χ2n) is 5.18. The molecular formula is C14H17BrF3NO. The first-order chi connectivity index (χ1) is 9.38. The summed E-state index contributed by atoms with van der Waals surface area (Å²) in [5, 5.41) is 12.7. The number of aliphatic hydroxyl groups excluding tert-OH is 1. The van der Waals surface area contributed by atoms with Gasteiger partial charge in [-0.25, -0.2) is 0 Å². The second-order valence-corrected chi connectivity index (χ2v) is 6.10. The van der Waals surface area contributed by atoms with Gasteiger partial charge in [0, 0.05) is 22.6 Å². The molecule has 2 unspecified atom stereocenters. The molecule has 0 spiro atoms. The summed E-state index contributed by atoms with van der Waals surface area (Å²) >= 11 is 3.18. The van der Waals surface area contributed by atoms with E-state index < -0.39 is 17.8 Å². The van der Waals surface area contributed by atoms with Crippen molar-refractivity contribution in [2.75, 3.05) is 11.9 Å². The molecule has 0 aliphatic heterocycles. The molecule has 2 atom stereocenters. The fourth-order valence-corrected chi connectivity index (χ4v) is 2.94. The minimum Gasteiger partial charge on any atom is -0.393 e. The molecule has 2 rings (SSSR count). The normalized spacial score (nSPS) is 23.6. The predicted octanol–water partition coefficient (Wildman–Crippen LogP) is 4.43. The van der Waals surface area contributed by atoms with E-state index >= 15 is 0 Å². The summed E-state index contributed by atoms with van der Waals surface area (Å²) in [5.74, 6) is 0.0174. The summed E-state index contributed by atoms with van der Waals surface area (Å²) in [4.78, 5) is 0. The summed E-state index contributed by atoms with van der Waals surface area (Å²) in [7, 11) is 0. The Bertz CT molecular complexity index is 464. The quantitative estimate of drug-likeness (QED) is 0.844. The van der Waals surface area contributed by atoms with Crippen LogP contribution in [-0.4, -0.2) is 17.8 Å². The Kier molecular flexibility index (Phi) is 4.96. The smallest absolute Gasteiger partial charge is 0.393 e. The Morgan fingerprint density at radius 1 is 1.25 bits per heavy atom. The minimum absolute atomic E-state index is 0.0174. The lowest BCUT2D eigenvalue weighted by Crippen LogP contribution is -2.30. The Morgan fingerprint density at radius 3 is 2.60 bits per heavy atom. The fraction of sp³-hybridized carbons (Fsp3) is 0.571. The maximum absolute atomic E-state index is 12.9. The molecule has 0 heterocycles. The summed E-state index contributed by atoms with van der Waals surface area (Å²) in [6.45, 7) is 0.362. The summed E-state index contributed by atoms with van der Waals surface area (Å²) in [6, 6.07) is 3.87. The zero-order chi connectivity index (χ0) is 14.8. The molecule has 1 aromatic rings. The lowest BCUT2D eigenvalue weighted by Gasteiger charge is -2.28. The van der Waals surface area contributed by atoms with Crippen molar-refractivity contribution >= 4 is 21.6 Å². The van der Waals surface area contributed by atoms with Crippen LogP contribution in [0.25, 0.3) is 0 Å². The van der Waals surface area contributed by atoms with Gasteiger partial charge in [0.25, 0.3) is 0 Å². The number of halogens is 4. The third kappa shape index (κ3) is 3.88. The summed E-state index contributed by atoms with van der Waals surface area (Å²) in [6.07, 6.45) is -1.21. The summed E-state index contributed by atoms with van der Waals surface area (Å²) in [5.41, 5.74) is -0.615. The van der Waals surface area contributed by atoms with Crippen molar-refractivity contribution in [2.45, 2.75) is 38.0 Å². The number of rotatable bonds is 3. The molecule has 20 heavy (non-hydrogen) atoms. The third-order valence-electron chi connectivity index (χ3n) is 3.71. The van der Waals surface area contributed by atoms with Crippen molar-refractivity contribution in [2.24, 2.45) is 5.92 Å². The van der Waals surface area contributed by atoms with Gasteiger partial charge in [0.15, 0.2) is 0 Å². The molecule has 1 saturated carbocycles. The molecule has 1 aliphatic carbocycles. The van der Waals surface area contributed by atoms with Crippen LogP contribution in [0.4, 0.5) is 18.9 Å². The van der Waals surface area contributed by atoms with Gasteiger partial charge in [-0.05, 0) is 31.0 Å². The standard InChI is InChI=1S/C14H17BrF3NO/c15-10-5-6-11(14(16,17)18)12(7-10)19-8-9-3-1-2-4-13(9)20/h5-7,9,13,19-20H,1-4,8H2. The van der Waals surface area contributed by atoms with Crippen LogP contribution in [0.1, 0.15) is 31.2 Å². The van der Waals surface area contributed by atoms with Crippen molar-refractivity contribution in [3.8, 4) is 0 Å². The first kappa shape index (κ1) is 15.6. The number of nitrogens with one attached hydrogen (secondary N) is 1. The number of hydrogen-bond donors (Lipinski definition) is 2. The molecule has 112 valence electrons. The van der Waals surface area contributed by atoms with Gasteiger partial charge < -0.3 is 10.4 Å². The van der Waals surface area contributed by atoms with Gasteiger partial charge in [0.2, 0.25) is 0 Å². The molecule has 0 bridgehead atoms. The van der Waals surface area contributed by atoms with Crippen LogP contribution in [0.2, 0.25) is 0 Å². The van der Waals surface area contributed by atoms with E-state index in [2.05, 4.69) is 21.2 Å². The van der Waals surface area contributed by atoms with E-state index in [0.717, 1.165) is 31.7 Å². The van der Waals surface area contributed by atoms with Crippen LogP contribution in [0, 0.1) is 5.92 Å². The van der Waals surface area contributed by atoms with Gasteiger partial charge in [-0.15, -0.1) is 0 Å². The molecule has 0 aromatic heterocycles. The third-order valence-corrected chi connectivity index (χ3v) is 4.20. The number of alkyl halides is 3. The molecule has 0 saturated heterocycles. The van der Waals surface area contributed by atoms with E-state index in [0.29, 0.717) is 11.0 Å². The number of aliphatic hydroxyl groups is 1. The van der Waals surface area contributed by atoms with Crippen LogP contribution in [0.3, 0.4) is 0 Å². The average molecular weight is 352 g/mol. The first-order valence-corrected chi connectivity index (χ1v) is 7.46. The van der Waals surface area contributed by atoms with Gasteiger partial charge in [-0.1, -0.05) is 28.8 Å². The van der Waals surface area contributed by atoms with E-state index in [-0.39, 0.29) is 11.6 Å². The highest BCUT2D eigenvalue weighted by Crippen LogP contribution is 2.36. The molecule has 2 N–H and O–H groups in total. The molecular weight excluding hydrogens is 335 g/mol. The maximum Gasteiger partial charge on any atom is 0.418 e. The lowest BCUT2D eigenvalue weighted by atomic mass is 9.86. The second kappa shape index (κ2) is 6.35. The molecule has 2 nitrogen and oxygen atoms in total. The lowest BCUT2D eigenvalue weighted by molar-refractivity contribution is -0.137. The Hall–Kier alpha value is -0.750. The van der Waals surface area contributed by atoms with E-state index in [1.807, 2.05) is 0 Å².